The maximum Gasteiger partial charge on any atom is 0.279 e. The van der Waals surface area contributed by atoms with E-state index < -0.39 is 0 Å². The molecule has 82 valence electrons. The number of hydrogen-bond acceptors (Lipinski definition) is 5. The van der Waals surface area contributed by atoms with Crippen LogP contribution in [-0.4, -0.2) is 47.7 Å². The molecule has 0 bridgehead atoms. The van der Waals surface area contributed by atoms with Gasteiger partial charge in [0.25, 0.3) is 5.24 Å². The molecule has 2 rings (SSSR count). The molecule has 1 amide bonds. The summed E-state index contributed by atoms with van der Waals surface area (Å²) in [4.78, 5) is 12.9. The van der Waals surface area contributed by atoms with Crippen molar-refractivity contribution in [2.45, 2.75) is 18.0 Å². The molecular formula is C9H13N3O2S. The van der Waals surface area contributed by atoms with Gasteiger partial charge < -0.3 is 10.1 Å². The van der Waals surface area contributed by atoms with Crippen molar-refractivity contribution in [1.82, 2.24) is 10.2 Å². The SMILES string of the molecule is CSC(=O)NC1CN(C#N)C2(COC2)C1. The van der Waals surface area contributed by atoms with Gasteiger partial charge in [0, 0.05) is 6.54 Å². The van der Waals surface area contributed by atoms with E-state index >= 15 is 0 Å². The molecule has 1 unspecified atom stereocenters. The normalized spacial score (nSPS) is 27.2. The minimum atomic E-state index is -0.134. The van der Waals surface area contributed by atoms with E-state index in [4.69, 9.17) is 10.00 Å². The monoisotopic (exact) mass is 227 g/mol. The van der Waals surface area contributed by atoms with E-state index in [-0.39, 0.29) is 16.8 Å². The first-order valence-corrected chi connectivity index (χ1v) is 6.02. The van der Waals surface area contributed by atoms with Crippen molar-refractivity contribution < 1.29 is 9.53 Å². The molecule has 2 aliphatic heterocycles. The Morgan fingerprint density at radius 3 is 2.87 bits per heavy atom. The van der Waals surface area contributed by atoms with Crippen LogP contribution in [0.3, 0.4) is 0 Å². The zero-order valence-corrected chi connectivity index (χ0v) is 9.34. The predicted molar refractivity (Wildman–Crippen MR) is 56.3 cm³/mol. The number of carbonyl (C=O) groups excluding carboxylic acids is 1. The molecule has 2 saturated heterocycles. The quantitative estimate of drug-likeness (QED) is 0.656. The summed E-state index contributed by atoms with van der Waals surface area (Å²) >= 11 is 1.16. The number of ether oxygens (including phenoxy) is 1. The average molecular weight is 227 g/mol. The Morgan fingerprint density at radius 2 is 2.47 bits per heavy atom. The van der Waals surface area contributed by atoms with Crippen LogP contribution in [0.1, 0.15) is 6.42 Å². The van der Waals surface area contributed by atoms with Crippen LogP contribution in [0, 0.1) is 11.5 Å². The number of likely N-dealkylation sites (tertiary alicyclic amines) is 1. The minimum Gasteiger partial charge on any atom is -0.376 e. The maximum absolute atomic E-state index is 11.2. The smallest absolute Gasteiger partial charge is 0.279 e. The summed E-state index contributed by atoms with van der Waals surface area (Å²) in [7, 11) is 0. The first-order valence-electron chi connectivity index (χ1n) is 4.80. The van der Waals surface area contributed by atoms with Gasteiger partial charge in [-0.05, 0) is 12.7 Å². The highest BCUT2D eigenvalue weighted by molar-refractivity contribution is 8.12. The number of nitrogens with zero attached hydrogens (tertiary/aromatic N) is 2. The number of rotatable bonds is 1. The van der Waals surface area contributed by atoms with Gasteiger partial charge in [-0.1, -0.05) is 11.8 Å². The Kier molecular flexibility index (Phi) is 2.76. The van der Waals surface area contributed by atoms with Crippen LogP contribution in [0.15, 0.2) is 0 Å². The molecule has 0 aromatic heterocycles. The maximum atomic E-state index is 11.2. The lowest BCUT2D eigenvalue weighted by molar-refractivity contribution is -0.105. The van der Waals surface area contributed by atoms with E-state index in [9.17, 15) is 4.79 Å². The van der Waals surface area contributed by atoms with Crippen molar-refractivity contribution >= 4 is 17.0 Å². The lowest BCUT2D eigenvalue weighted by Crippen LogP contribution is -2.57. The van der Waals surface area contributed by atoms with Crippen molar-refractivity contribution in [1.29, 1.82) is 5.26 Å². The minimum absolute atomic E-state index is 0.0322. The Morgan fingerprint density at radius 1 is 1.73 bits per heavy atom. The average Bonchev–Trinajstić information content (AvgIpc) is 2.56. The molecule has 0 saturated carbocycles. The number of nitriles is 1. The molecule has 0 radical (unpaired) electrons. The molecule has 0 aromatic carbocycles. The first kappa shape index (κ1) is 10.6. The molecule has 2 aliphatic rings. The summed E-state index contributed by atoms with van der Waals surface area (Å²) < 4.78 is 5.16. The van der Waals surface area contributed by atoms with E-state index in [2.05, 4.69) is 11.5 Å². The van der Waals surface area contributed by atoms with Gasteiger partial charge in [-0.15, -0.1) is 0 Å². The third-order valence-corrected chi connectivity index (χ3v) is 3.46. The Bertz CT molecular complexity index is 311. The van der Waals surface area contributed by atoms with Crippen LogP contribution in [-0.2, 0) is 4.74 Å². The second-order valence-corrected chi connectivity index (χ2v) is 4.74. The van der Waals surface area contributed by atoms with Gasteiger partial charge in [-0.3, -0.25) is 9.69 Å². The van der Waals surface area contributed by atoms with Crippen LogP contribution < -0.4 is 5.32 Å². The zero-order chi connectivity index (χ0) is 10.9. The van der Waals surface area contributed by atoms with E-state index in [0.29, 0.717) is 19.8 Å². The van der Waals surface area contributed by atoms with Crippen LogP contribution in [0.4, 0.5) is 4.79 Å². The Labute approximate surface area is 92.7 Å². The molecular weight excluding hydrogens is 214 g/mol. The standard InChI is InChI=1S/C9H13N3O2S/c1-15-8(13)11-7-2-9(4-14-5-9)12(3-7)6-10/h7H,2-5H2,1H3,(H,11,13). The second-order valence-electron chi connectivity index (χ2n) is 3.96. The van der Waals surface area contributed by atoms with Crippen molar-refractivity contribution in [3.05, 3.63) is 0 Å². The van der Waals surface area contributed by atoms with Gasteiger partial charge in [0.2, 0.25) is 0 Å². The summed E-state index contributed by atoms with van der Waals surface area (Å²) in [6.07, 6.45) is 4.73. The first-order chi connectivity index (χ1) is 7.20. The van der Waals surface area contributed by atoms with E-state index in [1.165, 1.54) is 0 Å². The topological polar surface area (TPSA) is 65.4 Å². The fourth-order valence-corrected chi connectivity index (χ4v) is 2.41. The lowest BCUT2D eigenvalue weighted by Gasteiger charge is -2.42. The number of thioether (sulfide) groups is 1. The van der Waals surface area contributed by atoms with E-state index in [1.54, 1.807) is 11.2 Å². The number of carbonyl (C=O) groups is 1. The largest absolute Gasteiger partial charge is 0.376 e. The Balaban J connectivity index is 1.97. The van der Waals surface area contributed by atoms with E-state index in [0.717, 1.165) is 18.2 Å². The highest BCUT2D eigenvalue weighted by Gasteiger charge is 2.51. The summed E-state index contributed by atoms with van der Waals surface area (Å²) in [5, 5.41) is 11.8. The fourth-order valence-electron chi connectivity index (χ4n) is 2.13. The number of hydrogen-bond donors (Lipinski definition) is 1. The molecule has 5 nitrogen and oxygen atoms in total. The predicted octanol–water partition coefficient (Wildman–Crippen LogP) is 0.383. The van der Waals surface area contributed by atoms with E-state index in [1.807, 2.05) is 0 Å². The molecule has 1 spiro atoms. The van der Waals surface area contributed by atoms with Gasteiger partial charge in [0.05, 0.1) is 24.8 Å². The van der Waals surface area contributed by atoms with Crippen LogP contribution in [0.5, 0.6) is 0 Å². The molecule has 2 fully saturated rings. The van der Waals surface area contributed by atoms with Crippen LogP contribution >= 0.6 is 11.8 Å². The Hall–Kier alpha value is -0.930. The summed E-state index contributed by atoms with van der Waals surface area (Å²) in [5.74, 6) is 0. The molecule has 6 heteroatoms. The summed E-state index contributed by atoms with van der Waals surface area (Å²) in [6, 6.07) is 0.0773. The van der Waals surface area contributed by atoms with Gasteiger partial charge in [0.15, 0.2) is 6.19 Å². The molecule has 0 aromatic rings. The third kappa shape index (κ3) is 1.77. The van der Waals surface area contributed by atoms with Crippen LogP contribution in [0.25, 0.3) is 0 Å². The molecule has 2 heterocycles. The van der Waals surface area contributed by atoms with Crippen molar-refractivity contribution in [2.75, 3.05) is 26.0 Å². The number of nitrogens with one attached hydrogen (secondary N) is 1. The van der Waals surface area contributed by atoms with Gasteiger partial charge in [-0.25, -0.2) is 0 Å². The highest BCUT2D eigenvalue weighted by Crippen LogP contribution is 2.35. The van der Waals surface area contributed by atoms with Gasteiger partial charge in [0.1, 0.15) is 0 Å². The van der Waals surface area contributed by atoms with Crippen molar-refractivity contribution in [2.24, 2.45) is 0 Å². The van der Waals surface area contributed by atoms with Crippen LogP contribution in [0.2, 0.25) is 0 Å². The van der Waals surface area contributed by atoms with Gasteiger partial charge in [-0.2, -0.15) is 5.26 Å². The van der Waals surface area contributed by atoms with Crippen molar-refractivity contribution in [3.8, 4) is 6.19 Å². The zero-order valence-electron chi connectivity index (χ0n) is 8.52. The molecule has 0 aliphatic carbocycles. The molecule has 1 N–H and O–H groups in total. The summed E-state index contributed by atoms with van der Waals surface area (Å²) in [6.45, 7) is 1.81. The molecule has 1 atom stereocenters. The van der Waals surface area contributed by atoms with Gasteiger partial charge >= 0.3 is 0 Å². The molecule has 15 heavy (non-hydrogen) atoms. The highest BCUT2D eigenvalue weighted by atomic mass is 32.2. The fraction of sp³-hybridized carbons (Fsp3) is 0.778. The van der Waals surface area contributed by atoms with Crippen molar-refractivity contribution in [3.63, 3.8) is 0 Å². The lowest BCUT2D eigenvalue weighted by atomic mass is 9.93. The third-order valence-electron chi connectivity index (χ3n) is 2.97. The second kappa shape index (κ2) is 3.91. The number of amides is 1. The summed E-state index contributed by atoms with van der Waals surface area (Å²) in [5.41, 5.74) is -0.134.